The van der Waals surface area contributed by atoms with Gasteiger partial charge in [0.05, 0.1) is 17.6 Å². The van der Waals surface area contributed by atoms with Crippen LogP contribution in [0.3, 0.4) is 0 Å². The van der Waals surface area contributed by atoms with Crippen molar-refractivity contribution < 1.29 is 19.2 Å². The molecule has 0 aromatic heterocycles. The van der Waals surface area contributed by atoms with Crippen LogP contribution in [-0.2, 0) is 0 Å². The molecule has 0 fully saturated rings. The van der Waals surface area contributed by atoms with Gasteiger partial charge >= 0.3 is 5.97 Å². The van der Waals surface area contributed by atoms with E-state index < -0.39 is 10.9 Å². The number of hydrogen-bond donors (Lipinski definition) is 0. The minimum atomic E-state index is -0.569. The fourth-order valence-corrected chi connectivity index (χ4v) is 1.89. The van der Waals surface area contributed by atoms with Gasteiger partial charge in [0.15, 0.2) is 11.5 Å². The zero-order valence-electron chi connectivity index (χ0n) is 12.1. The molecule has 2 aromatic rings. The SMILES string of the molecule is COc1cc(/C=C\[N+](=O)[O-])ccc1OC(=O)c1ccc(Cl)cc1. The number of rotatable bonds is 5. The number of nitro groups is 1. The summed E-state index contributed by atoms with van der Waals surface area (Å²) < 4.78 is 10.4. The Morgan fingerprint density at radius 2 is 1.87 bits per heavy atom. The molecule has 0 atom stereocenters. The van der Waals surface area contributed by atoms with Crippen LogP contribution in [0.15, 0.2) is 48.7 Å². The van der Waals surface area contributed by atoms with E-state index in [-0.39, 0.29) is 11.5 Å². The molecule has 0 N–H and O–H groups in total. The zero-order chi connectivity index (χ0) is 16.8. The Bertz CT molecular complexity index is 756. The normalized spacial score (nSPS) is 10.5. The van der Waals surface area contributed by atoms with Crippen LogP contribution < -0.4 is 9.47 Å². The quantitative estimate of drug-likeness (QED) is 0.360. The Morgan fingerprint density at radius 1 is 1.17 bits per heavy atom. The molecular formula is C16H12ClNO5. The van der Waals surface area contributed by atoms with Crippen molar-refractivity contribution in [2.45, 2.75) is 0 Å². The maximum absolute atomic E-state index is 12.1. The minimum absolute atomic E-state index is 0.214. The summed E-state index contributed by atoms with van der Waals surface area (Å²) in [5.74, 6) is -0.0583. The molecule has 6 nitrogen and oxygen atoms in total. The Balaban J connectivity index is 2.20. The van der Waals surface area contributed by atoms with Gasteiger partial charge in [0, 0.05) is 11.1 Å². The van der Waals surface area contributed by atoms with Crippen LogP contribution >= 0.6 is 11.6 Å². The molecule has 23 heavy (non-hydrogen) atoms. The van der Waals surface area contributed by atoms with Crippen molar-refractivity contribution in [3.63, 3.8) is 0 Å². The lowest BCUT2D eigenvalue weighted by atomic mass is 10.2. The van der Waals surface area contributed by atoms with E-state index in [1.165, 1.54) is 25.3 Å². The fourth-order valence-electron chi connectivity index (χ4n) is 1.76. The van der Waals surface area contributed by atoms with Crippen molar-refractivity contribution in [1.29, 1.82) is 0 Å². The molecule has 0 saturated carbocycles. The van der Waals surface area contributed by atoms with Gasteiger partial charge in [-0.25, -0.2) is 4.79 Å². The average molecular weight is 334 g/mol. The van der Waals surface area contributed by atoms with E-state index in [0.29, 0.717) is 16.1 Å². The molecule has 7 heteroatoms. The van der Waals surface area contributed by atoms with Crippen LogP contribution in [0.2, 0.25) is 5.02 Å². The number of halogens is 1. The summed E-state index contributed by atoms with van der Waals surface area (Å²) in [5.41, 5.74) is 0.888. The van der Waals surface area contributed by atoms with Crippen molar-refractivity contribution >= 4 is 23.6 Å². The van der Waals surface area contributed by atoms with E-state index in [2.05, 4.69) is 0 Å². The van der Waals surface area contributed by atoms with Crippen molar-refractivity contribution in [1.82, 2.24) is 0 Å². The lowest BCUT2D eigenvalue weighted by molar-refractivity contribution is -0.400. The first-order chi connectivity index (χ1) is 11.0. The van der Waals surface area contributed by atoms with Crippen molar-refractivity contribution in [2.75, 3.05) is 7.11 Å². The van der Waals surface area contributed by atoms with E-state index in [4.69, 9.17) is 21.1 Å². The number of carbonyl (C=O) groups is 1. The van der Waals surface area contributed by atoms with Gasteiger partial charge in [-0.1, -0.05) is 17.7 Å². The molecule has 0 aliphatic carbocycles. The molecule has 0 amide bonds. The topological polar surface area (TPSA) is 78.7 Å². The molecule has 0 heterocycles. The maximum atomic E-state index is 12.1. The maximum Gasteiger partial charge on any atom is 0.343 e. The second-order valence-corrected chi connectivity index (χ2v) is 4.84. The summed E-state index contributed by atoms with van der Waals surface area (Å²) in [6, 6.07) is 10.9. The van der Waals surface area contributed by atoms with E-state index in [1.54, 1.807) is 30.3 Å². The second-order valence-electron chi connectivity index (χ2n) is 4.41. The number of benzene rings is 2. The zero-order valence-corrected chi connectivity index (χ0v) is 12.8. The number of methoxy groups -OCH3 is 1. The molecule has 0 aliphatic heterocycles. The molecule has 118 valence electrons. The highest BCUT2D eigenvalue weighted by atomic mass is 35.5. The van der Waals surface area contributed by atoms with Gasteiger partial charge in [0.2, 0.25) is 6.20 Å². The van der Waals surface area contributed by atoms with Crippen LogP contribution in [0, 0.1) is 10.1 Å². The third-order valence-electron chi connectivity index (χ3n) is 2.86. The monoisotopic (exact) mass is 333 g/mol. The summed E-state index contributed by atoms with van der Waals surface area (Å²) in [4.78, 5) is 21.8. The Labute approximate surface area is 137 Å². The molecule has 0 radical (unpaired) electrons. The summed E-state index contributed by atoms with van der Waals surface area (Å²) in [6.07, 6.45) is 2.13. The van der Waals surface area contributed by atoms with Crippen LogP contribution in [0.5, 0.6) is 11.5 Å². The van der Waals surface area contributed by atoms with Gasteiger partial charge in [-0.2, -0.15) is 0 Å². The predicted octanol–water partition coefficient (Wildman–Crippen LogP) is 3.82. The third-order valence-corrected chi connectivity index (χ3v) is 3.11. The molecule has 2 aromatic carbocycles. The number of nitrogens with zero attached hydrogens (tertiary/aromatic N) is 1. The number of ether oxygens (including phenoxy) is 2. The van der Waals surface area contributed by atoms with E-state index in [1.807, 2.05) is 0 Å². The van der Waals surface area contributed by atoms with Gasteiger partial charge in [-0.3, -0.25) is 10.1 Å². The largest absolute Gasteiger partial charge is 0.493 e. The summed E-state index contributed by atoms with van der Waals surface area (Å²) >= 11 is 5.77. The highest BCUT2D eigenvalue weighted by Crippen LogP contribution is 2.29. The first-order valence-corrected chi connectivity index (χ1v) is 6.85. The highest BCUT2D eigenvalue weighted by molar-refractivity contribution is 6.30. The number of carbonyl (C=O) groups excluding carboxylic acids is 1. The first kappa shape index (κ1) is 16.5. The minimum Gasteiger partial charge on any atom is -0.493 e. The van der Waals surface area contributed by atoms with Gasteiger partial charge in [0.25, 0.3) is 0 Å². The van der Waals surface area contributed by atoms with Gasteiger partial charge in [0.1, 0.15) is 0 Å². The molecule has 0 bridgehead atoms. The molecular weight excluding hydrogens is 322 g/mol. The Hall–Kier alpha value is -2.86. The predicted molar refractivity (Wildman–Crippen MR) is 85.4 cm³/mol. The summed E-state index contributed by atoms with van der Waals surface area (Å²) in [6.45, 7) is 0. The molecule has 0 saturated heterocycles. The number of hydrogen-bond acceptors (Lipinski definition) is 5. The van der Waals surface area contributed by atoms with Crippen LogP contribution in [0.25, 0.3) is 6.08 Å². The smallest absolute Gasteiger partial charge is 0.343 e. The highest BCUT2D eigenvalue weighted by Gasteiger charge is 2.12. The number of esters is 1. The molecule has 2 rings (SSSR count). The van der Waals surface area contributed by atoms with Gasteiger partial charge < -0.3 is 9.47 Å². The average Bonchev–Trinajstić information content (AvgIpc) is 2.54. The third kappa shape index (κ3) is 4.55. The van der Waals surface area contributed by atoms with Gasteiger partial charge in [-0.05, 0) is 42.0 Å². The van der Waals surface area contributed by atoms with E-state index >= 15 is 0 Å². The van der Waals surface area contributed by atoms with Crippen molar-refractivity contribution in [3.05, 3.63) is 74.9 Å². The Kier molecular flexibility index (Phi) is 5.32. The molecule has 0 spiro atoms. The van der Waals surface area contributed by atoms with E-state index in [9.17, 15) is 14.9 Å². The van der Waals surface area contributed by atoms with Crippen LogP contribution in [0.4, 0.5) is 0 Å². The molecule has 0 aliphatic rings. The van der Waals surface area contributed by atoms with Crippen LogP contribution in [0.1, 0.15) is 15.9 Å². The second kappa shape index (κ2) is 7.42. The van der Waals surface area contributed by atoms with Crippen molar-refractivity contribution in [2.24, 2.45) is 0 Å². The van der Waals surface area contributed by atoms with E-state index in [0.717, 1.165) is 6.20 Å². The lowest BCUT2D eigenvalue weighted by Crippen LogP contribution is -2.09. The Morgan fingerprint density at radius 3 is 2.48 bits per heavy atom. The molecule has 0 unspecified atom stereocenters. The fraction of sp³-hybridized carbons (Fsp3) is 0.0625. The van der Waals surface area contributed by atoms with Gasteiger partial charge in [-0.15, -0.1) is 0 Å². The lowest BCUT2D eigenvalue weighted by Gasteiger charge is -2.10. The summed E-state index contributed by atoms with van der Waals surface area (Å²) in [5, 5.41) is 10.8. The summed E-state index contributed by atoms with van der Waals surface area (Å²) in [7, 11) is 1.41. The van der Waals surface area contributed by atoms with Crippen molar-refractivity contribution in [3.8, 4) is 11.5 Å². The first-order valence-electron chi connectivity index (χ1n) is 6.47. The standard InChI is InChI=1S/C16H12ClNO5/c1-22-15-10-11(8-9-18(20)21)2-7-14(15)23-16(19)12-3-5-13(17)6-4-12/h2-10H,1H3/b9-8-. The van der Waals surface area contributed by atoms with Crippen LogP contribution in [-0.4, -0.2) is 18.0 Å².